The highest BCUT2D eigenvalue weighted by atomic mass is 19.1. The van der Waals surface area contributed by atoms with E-state index in [0.29, 0.717) is 22.3 Å². The van der Waals surface area contributed by atoms with Crippen molar-refractivity contribution >= 4 is 12.6 Å². The number of ether oxygens (including phenoxy) is 1. The Morgan fingerprint density at radius 3 is 2.50 bits per heavy atom. The van der Waals surface area contributed by atoms with Gasteiger partial charge in [0.05, 0.1) is 7.11 Å². The third-order valence-electron chi connectivity index (χ3n) is 2.67. The van der Waals surface area contributed by atoms with Crippen LogP contribution >= 0.6 is 0 Å². The van der Waals surface area contributed by atoms with E-state index in [0.717, 1.165) is 0 Å². The number of methoxy groups -OCH3 is 1. The minimum absolute atomic E-state index is 0.322. The van der Waals surface area contributed by atoms with Gasteiger partial charge < -0.3 is 14.8 Å². The van der Waals surface area contributed by atoms with Crippen molar-refractivity contribution in [3.63, 3.8) is 0 Å². The summed E-state index contributed by atoms with van der Waals surface area (Å²) in [5, 5.41) is 18.2. The van der Waals surface area contributed by atoms with Crippen molar-refractivity contribution in [1.82, 2.24) is 0 Å². The lowest BCUT2D eigenvalue weighted by Crippen LogP contribution is -2.29. The van der Waals surface area contributed by atoms with Crippen LogP contribution in [0.2, 0.25) is 0 Å². The lowest BCUT2D eigenvalue weighted by atomic mass is 9.79. The number of halogens is 1. The average molecular weight is 246 g/mol. The van der Waals surface area contributed by atoms with Crippen molar-refractivity contribution in [2.75, 3.05) is 7.11 Å². The summed E-state index contributed by atoms with van der Waals surface area (Å²) in [6.07, 6.45) is 0. The number of hydrogen-bond acceptors (Lipinski definition) is 3. The first-order chi connectivity index (χ1) is 8.61. The summed E-state index contributed by atoms with van der Waals surface area (Å²) in [6.45, 7) is 0. The van der Waals surface area contributed by atoms with E-state index in [4.69, 9.17) is 14.8 Å². The molecule has 2 rings (SSSR count). The molecular formula is C13H12BFO3. The zero-order chi connectivity index (χ0) is 13.1. The van der Waals surface area contributed by atoms with Crippen LogP contribution in [-0.2, 0) is 0 Å². The van der Waals surface area contributed by atoms with Crippen LogP contribution in [0.15, 0.2) is 42.5 Å². The smallest absolute Gasteiger partial charge is 0.488 e. The fraction of sp³-hybridized carbons (Fsp3) is 0.0769. The molecule has 0 unspecified atom stereocenters. The van der Waals surface area contributed by atoms with Crippen molar-refractivity contribution in [2.24, 2.45) is 0 Å². The molecule has 0 aliphatic carbocycles. The van der Waals surface area contributed by atoms with Crippen molar-refractivity contribution in [3.05, 3.63) is 48.3 Å². The topological polar surface area (TPSA) is 49.7 Å². The number of rotatable bonds is 3. The maximum absolute atomic E-state index is 13.9. The van der Waals surface area contributed by atoms with Crippen LogP contribution in [0.3, 0.4) is 0 Å². The highest BCUT2D eigenvalue weighted by molar-refractivity contribution is 6.58. The molecule has 0 bridgehead atoms. The molecular weight excluding hydrogens is 234 g/mol. The molecule has 92 valence electrons. The van der Waals surface area contributed by atoms with Crippen LogP contribution in [0.25, 0.3) is 11.1 Å². The first kappa shape index (κ1) is 12.6. The fourth-order valence-electron chi connectivity index (χ4n) is 1.72. The highest BCUT2D eigenvalue weighted by Gasteiger charge is 2.13. The molecule has 0 saturated heterocycles. The summed E-state index contributed by atoms with van der Waals surface area (Å²) in [5.74, 6) is 0.0218. The van der Waals surface area contributed by atoms with Gasteiger partial charge in [-0.05, 0) is 23.2 Å². The minimum atomic E-state index is -1.56. The average Bonchev–Trinajstić information content (AvgIpc) is 2.38. The first-order valence-corrected chi connectivity index (χ1v) is 5.42. The fourth-order valence-corrected chi connectivity index (χ4v) is 1.72. The zero-order valence-electron chi connectivity index (χ0n) is 9.80. The molecule has 0 heterocycles. The van der Waals surface area contributed by atoms with Gasteiger partial charge in [-0.2, -0.15) is 0 Å². The highest BCUT2D eigenvalue weighted by Crippen LogP contribution is 2.25. The van der Waals surface area contributed by atoms with Crippen molar-refractivity contribution in [3.8, 4) is 16.9 Å². The van der Waals surface area contributed by atoms with Gasteiger partial charge in [0.25, 0.3) is 0 Å². The van der Waals surface area contributed by atoms with E-state index < -0.39 is 12.9 Å². The Labute approximate surface area is 105 Å². The lowest BCUT2D eigenvalue weighted by molar-refractivity contribution is 0.411. The van der Waals surface area contributed by atoms with Gasteiger partial charge in [-0.15, -0.1) is 0 Å². The van der Waals surface area contributed by atoms with Gasteiger partial charge in [-0.3, -0.25) is 0 Å². The molecule has 0 atom stereocenters. The third-order valence-corrected chi connectivity index (χ3v) is 2.67. The van der Waals surface area contributed by atoms with Gasteiger partial charge in [0.1, 0.15) is 11.6 Å². The summed E-state index contributed by atoms with van der Waals surface area (Å²) in [7, 11) is -0.0942. The summed E-state index contributed by atoms with van der Waals surface area (Å²) >= 11 is 0. The Balaban J connectivity index is 2.45. The molecule has 0 fully saturated rings. The first-order valence-electron chi connectivity index (χ1n) is 5.42. The van der Waals surface area contributed by atoms with Gasteiger partial charge in [0, 0.05) is 11.6 Å². The molecule has 5 heteroatoms. The number of hydrogen-bond donors (Lipinski definition) is 2. The SMILES string of the molecule is COc1ccc(-c2cccc(B(O)O)c2)c(F)c1. The summed E-state index contributed by atoms with van der Waals surface area (Å²) in [5.41, 5.74) is 1.29. The van der Waals surface area contributed by atoms with Gasteiger partial charge in [-0.25, -0.2) is 4.39 Å². The molecule has 0 saturated carbocycles. The van der Waals surface area contributed by atoms with E-state index in [9.17, 15) is 4.39 Å². The van der Waals surface area contributed by atoms with Crippen molar-refractivity contribution in [1.29, 1.82) is 0 Å². The quantitative estimate of drug-likeness (QED) is 0.799. The summed E-state index contributed by atoms with van der Waals surface area (Å²) < 4.78 is 18.8. The predicted octanol–water partition coefficient (Wildman–Crippen LogP) is 1.18. The molecule has 0 aliphatic rings. The van der Waals surface area contributed by atoms with Crippen LogP contribution in [0.4, 0.5) is 4.39 Å². The lowest BCUT2D eigenvalue weighted by Gasteiger charge is -2.07. The maximum atomic E-state index is 13.9. The van der Waals surface area contributed by atoms with Gasteiger partial charge in [-0.1, -0.05) is 24.3 Å². The van der Waals surface area contributed by atoms with E-state index in [1.165, 1.54) is 19.2 Å². The van der Waals surface area contributed by atoms with Crippen LogP contribution in [0, 0.1) is 5.82 Å². The van der Waals surface area contributed by atoms with E-state index in [1.807, 2.05) is 0 Å². The Kier molecular flexibility index (Phi) is 3.65. The van der Waals surface area contributed by atoms with Crippen LogP contribution in [-0.4, -0.2) is 24.3 Å². The number of benzene rings is 2. The Bertz CT molecular complexity index is 558. The molecule has 0 aromatic heterocycles. The Hall–Kier alpha value is -1.85. The van der Waals surface area contributed by atoms with Gasteiger partial charge in [0.2, 0.25) is 0 Å². The second-order valence-corrected chi connectivity index (χ2v) is 3.84. The summed E-state index contributed by atoms with van der Waals surface area (Å²) in [6, 6.07) is 11.0. The second-order valence-electron chi connectivity index (χ2n) is 3.84. The van der Waals surface area contributed by atoms with Crippen LogP contribution in [0.1, 0.15) is 0 Å². The molecule has 0 spiro atoms. The third kappa shape index (κ3) is 2.52. The van der Waals surface area contributed by atoms with Gasteiger partial charge >= 0.3 is 7.12 Å². The van der Waals surface area contributed by atoms with Gasteiger partial charge in [0.15, 0.2) is 0 Å². The van der Waals surface area contributed by atoms with E-state index in [-0.39, 0.29) is 0 Å². The Morgan fingerprint density at radius 2 is 1.89 bits per heavy atom. The molecule has 0 amide bonds. The molecule has 0 radical (unpaired) electrons. The minimum Gasteiger partial charge on any atom is -0.497 e. The van der Waals surface area contributed by atoms with E-state index in [1.54, 1.807) is 30.3 Å². The molecule has 2 aromatic carbocycles. The summed E-state index contributed by atoms with van der Waals surface area (Å²) in [4.78, 5) is 0. The molecule has 18 heavy (non-hydrogen) atoms. The molecule has 2 N–H and O–H groups in total. The Morgan fingerprint density at radius 1 is 1.11 bits per heavy atom. The largest absolute Gasteiger partial charge is 0.497 e. The zero-order valence-corrected chi connectivity index (χ0v) is 9.80. The predicted molar refractivity (Wildman–Crippen MR) is 68.2 cm³/mol. The van der Waals surface area contributed by atoms with Crippen molar-refractivity contribution in [2.45, 2.75) is 0 Å². The van der Waals surface area contributed by atoms with Crippen LogP contribution in [0.5, 0.6) is 5.75 Å². The standard InChI is InChI=1S/C13H12BFO3/c1-18-11-5-6-12(13(15)8-11)9-3-2-4-10(7-9)14(16)17/h2-8,16-17H,1H3. The van der Waals surface area contributed by atoms with E-state index >= 15 is 0 Å². The van der Waals surface area contributed by atoms with E-state index in [2.05, 4.69) is 0 Å². The molecule has 0 aliphatic heterocycles. The molecule has 3 nitrogen and oxygen atoms in total. The monoisotopic (exact) mass is 246 g/mol. The maximum Gasteiger partial charge on any atom is 0.488 e. The van der Waals surface area contributed by atoms with Crippen LogP contribution < -0.4 is 10.2 Å². The normalized spacial score (nSPS) is 10.2. The second kappa shape index (κ2) is 5.20. The molecule has 2 aromatic rings. The van der Waals surface area contributed by atoms with Crippen molar-refractivity contribution < 1.29 is 19.2 Å².